The first-order valence-corrected chi connectivity index (χ1v) is 10.6. The normalized spacial score (nSPS) is 14.3. The second kappa shape index (κ2) is 9.88. The Morgan fingerprint density at radius 3 is 2.47 bits per heavy atom. The Morgan fingerprint density at radius 1 is 0.969 bits per heavy atom. The summed E-state index contributed by atoms with van der Waals surface area (Å²) in [6.45, 7) is 4.08. The number of nitrogens with two attached hydrogens (primary N) is 1. The fraction of sp³-hybridized carbons (Fsp3) is 0.318. The number of aromatic nitrogens is 3. The lowest BCUT2D eigenvalue weighted by molar-refractivity contribution is 0.243. The van der Waals surface area contributed by atoms with Gasteiger partial charge < -0.3 is 25.4 Å². The van der Waals surface area contributed by atoms with E-state index in [0.29, 0.717) is 34.8 Å². The minimum absolute atomic E-state index is 0.158. The molecule has 1 saturated heterocycles. The maximum Gasteiger partial charge on any atom is 0.232 e. The molecule has 0 spiro atoms. The molecule has 3 N–H and O–H groups in total. The van der Waals surface area contributed by atoms with Crippen LogP contribution in [0.3, 0.4) is 0 Å². The molecule has 3 aromatic rings. The van der Waals surface area contributed by atoms with Gasteiger partial charge in [-0.1, -0.05) is 23.7 Å². The first kappa shape index (κ1) is 21.9. The van der Waals surface area contributed by atoms with E-state index in [0.717, 1.165) is 37.6 Å². The van der Waals surface area contributed by atoms with Crippen LogP contribution < -0.4 is 25.4 Å². The Hall–Kier alpha value is -3.30. The quantitative estimate of drug-likeness (QED) is 0.556. The van der Waals surface area contributed by atoms with Crippen molar-refractivity contribution in [2.45, 2.75) is 6.54 Å². The summed E-state index contributed by atoms with van der Waals surface area (Å²) in [5.74, 6) is 2.62. The van der Waals surface area contributed by atoms with Crippen LogP contribution in [0.2, 0.25) is 5.02 Å². The summed E-state index contributed by atoms with van der Waals surface area (Å²) in [6.07, 6.45) is 0. The number of methoxy groups -OCH3 is 2. The van der Waals surface area contributed by atoms with E-state index in [2.05, 4.69) is 36.1 Å². The minimum Gasteiger partial charge on any atom is -0.495 e. The molecule has 168 valence electrons. The zero-order valence-corrected chi connectivity index (χ0v) is 18.8. The maximum atomic E-state index is 6.11. The molecule has 1 aliphatic rings. The van der Waals surface area contributed by atoms with E-state index in [1.54, 1.807) is 32.4 Å². The summed E-state index contributed by atoms with van der Waals surface area (Å²) < 4.78 is 10.9. The average Bonchev–Trinajstić information content (AvgIpc) is 2.79. The van der Waals surface area contributed by atoms with Gasteiger partial charge in [-0.3, -0.25) is 4.90 Å². The first-order valence-electron chi connectivity index (χ1n) is 10.3. The van der Waals surface area contributed by atoms with Gasteiger partial charge in [-0.15, -0.1) is 0 Å². The smallest absolute Gasteiger partial charge is 0.232 e. The van der Waals surface area contributed by atoms with Crippen molar-refractivity contribution in [3.63, 3.8) is 0 Å². The van der Waals surface area contributed by atoms with Crippen LogP contribution in [0.25, 0.3) is 0 Å². The van der Waals surface area contributed by atoms with Crippen LogP contribution in [0.4, 0.5) is 23.3 Å². The van der Waals surface area contributed by atoms with Crippen LogP contribution in [0.5, 0.6) is 11.5 Å². The van der Waals surface area contributed by atoms with Crippen molar-refractivity contribution in [2.24, 2.45) is 0 Å². The van der Waals surface area contributed by atoms with Gasteiger partial charge in [0.25, 0.3) is 0 Å². The molecule has 10 heteroatoms. The number of nitrogens with one attached hydrogen (secondary N) is 1. The lowest BCUT2D eigenvalue weighted by Gasteiger charge is -2.36. The van der Waals surface area contributed by atoms with Crippen LogP contribution in [-0.4, -0.2) is 60.3 Å². The van der Waals surface area contributed by atoms with E-state index in [1.807, 2.05) is 18.2 Å². The fourth-order valence-corrected chi connectivity index (χ4v) is 3.87. The van der Waals surface area contributed by atoms with Crippen molar-refractivity contribution in [3.8, 4) is 11.5 Å². The highest BCUT2D eigenvalue weighted by Gasteiger charge is 2.21. The van der Waals surface area contributed by atoms with Crippen molar-refractivity contribution in [2.75, 3.05) is 56.3 Å². The highest BCUT2D eigenvalue weighted by Crippen LogP contribution is 2.30. The Kier molecular flexibility index (Phi) is 6.77. The molecule has 0 atom stereocenters. The van der Waals surface area contributed by atoms with Crippen LogP contribution in [0.1, 0.15) is 5.82 Å². The van der Waals surface area contributed by atoms with E-state index in [1.165, 1.54) is 0 Å². The monoisotopic (exact) mass is 455 g/mol. The van der Waals surface area contributed by atoms with Crippen molar-refractivity contribution >= 4 is 34.9 Å². The first-order chi connectivity index (χ1) is 15.6. The number of ether oxygens (including phenoxy) is 2. The van der Waals surface area contributed by atoms with Gasteiger partial charge in [-0.25, -0.2) is 0 Å². The van der Waals surface area contributed by atoms with Crippen molar-refractivity contribution in [1.29, 1.82) is 0 Å². The molecular weight excluding hydrogens is 430 g/mol. The molecule has 0 saturated carbocycles. The predicted molar refractivity (Wildman–Crippen MR) is 126 cm³/mol. The molecule has 0 amide bonds. The minimum atomic E-state index is 0.158. The fourth-order valence-electron chi connectivity index (χ4n) is 3.70. The van der Waals surface area contributed by atoms with E-state index in [4.69, 9.17) is 26.8 Å². The summed E-state index contributed by atoms with van der Waals surface area (Å²) in [4.78, 5) is 17.7. The predicted octanol–water partition coefficient (Wildman–Crippen LogP) is 3.19. The van der Waals surface area contributed by atoms with E-state index >= 15 is 0 Å². The Balaban J connectivity index is 1.42. The number of piperazine rings is 1. The third kappa shape index (κ3) is 5.12. The topological polar surface area (TPSA) is 102 Å². The highest BCUT2D eigenvalue weighted by molar-refractivity contribution is 6.31. The molecule has 2 heterocycles. The number of anilines is 4. The molecule has 0 bridgehead atoms. The van der Waals surface area contributed by atoms with Crippen molar-refractivity contribution in [1.82, 2.24) is 19.9 Å². The summed E-state index contributed by atoms with van der Waals surface area (Å²) in [5, 5.41) is 3.70. The van der Waals surface area contributed by atoms with Gasteiger partial charge in [0.1, 0.15) is 17.3 Å². The van der Waals surface area contributed by atoms with Gasteiger partial charge in [-0.2, -0.15) is 15.0 Å². The Morgan fingerprint density at radius 2 is 1.72 bits per heavy atom. The van der Waals surface area contributed by atoms with Gasteiger partial charge in [0, 0.05) is 31.2 Å². The number of hydrogen-bond donors (Lipinski definition) is 2. The van der Waals surface area contributed by atoms with Crippen LogP contribution in [0.15, 0.2) is 42.5 Å². The third-order valence-electron chi connectivity index (χ3n) is 5.27. The lowest BCUT2D eigenvalue weighted by Crippen LogP contribution is -2.46. The number of para-hydroxylation sites is 2. The standard InChI is InChI=1S/C22H26ClN7O2/c1-31-18-8-7-15(23)13-16(18)25-22-27-20(26-21(24)28-22)14-29-9-11-30(12-10-29)17-5-3-4-6-19(17)32-2/h3-8,13H,9-12,14H2,1-2H3,(H3,24,25,26,27,28). The van der Waals surface area contributed by atoms with E-state index in [9.17, 15) is 0 Å². The van der Waals surface area contributed by atoms with Crippen molar-refractivity contribution < 1.29 is 9.47 Å². The van der Waals surface area contributed by atoms with Crippen LogP contribution in [0, 0.1) is 0 Å². The summed E-state index contributed by atoms with van der Waals surface area (Å²) in [6, 6.07) is 13.4. The molecule has 32 heavy (non-hydrogen) atoms. The number of nitrogen functional groups attached to an aromatic ring is 1. The van der Waals surface area contributed by atoms with Gasteiger partial charge in [0.15, 0.2) is 0 Å². The number of hydrogen-bond acceptors (Lipinski definition) is 9. The maximum absolute atomic E-state index is 6.11. The number of benzene rings is 2. The van der Waals surface area contributed by atoms with Crippen molar-refractivity contribution in [3.05, 3.63) is 53.3 Å². The molecule has 0 radical (unpaired) electrons. The Bertz CT molecular complexity index is 1070. The Labute approximate surface area is 192 Å². The summed E-state index contributed by atoms with van der Waals surface area (Å²) >= 11 is 6.11. The molecule has 9 nitrogen and oxygen atoms in total. The summed E-state index contributed by atoms with van der Waals surface area (Å²) in [5.41, 5.74) is 7.72. The lowest BCUT2D eigenvalue weighted by atomic mass is 10.2. The zero-order valence-electron chi connectivity index (χ0n) is 18.1. The molecule has 2 aromatic carbocycles. The number of rotatable bonds is 7. The zero-order chi connectivity index (χ0) is 22.5. The molecule has 1 fully saturated rings. The number of halogens is 1. The van der Waals surface area contributed by atoms with E-state index < -0.39 is 0 Å². The summed E-state index contributed by atoms with van der Waals surface area (Å²) in [7, 11) is 3.29. The van der Waals surface area contributed by atoms with E-state index in [-0.39, 0.29) is 5.95 Å². The molecule has 1 aromatic heterocycles. The second-order valence-corrected chi connectivity index (χ2v) is 7.77. The van der Waals surface area contributed by atoms with Crippen LogP contribution >= 0.6 is 11.6 Å². The molecule has 0 aliphatic carbocycles. The van der Waals surface area contributed by atoms with Crippen LogP contribution in [-0.2, 0) is 6.54 Å². The highest BCUT2D eigenvalue weighted by atomic mass is 35.5. The average molecular weight is 456 g/mol. The molecule has 1 aliphatic heterocycles. The SMILES string of the molecule is COc1ccc(Cl)cc1Nc1nc(N)nc(CN2CCN(c3ccccc3OC)CC2)n1. The largest absolute Gasteiger partial charge is 0.495 e. The van der Waals surface area contributed by atoms with Gasteiger partial charge in [0.05, 0.1) is 32.1 Å². The third-order valence-corrected chi connectivity index (χ3v) is 5.51. The van der Waals surface area contributed by atoms with Gasteiger partial charge >= 0.3 is 0 Å². The van der Waals surface area contributed by atoms with Gasteiger partial charge in [0.2, 0.25) is 11.9 Å². The van der Waals surface area contributed by atoms with Gasteiger partial charge in [-0.05, 0) is 30.3 Å². The second-order valence-electron chi connectivity index (χ2n) is 7.34. The molecule has 4 rings (SSSR count). The molecule has 0 unspecified atom stereocenters. The molecular formula is C22H26ClN7O2. The number of nitrogens with zero attached hydrogens (tertiary/aromatic N) is 5.